The minimum Gasteiger partial charge on any atom is -0.480 e. The number of nitrogens with zero attached hydrogens (tertiary/aromatic N) is 6. The van der Waals surface area contributed by atoms with Gasteiger partial charge in [0.25, 0.3) is 0 Å². The van der Waals surface area contributed by atoms with Crippen LogP contribution in [-0.2, 0) is 19.1 Å². The first-order chi connectivity index (χ1) is 26.6. The minimum atomic E-state index is -4.93. The number of piperidine rings is 1. The number of ether oxygens (including phenoxy) is 3. The number of hydrogen-bond donors (Lipinski definition) is 2. The lowest BCUT2D eigenvalue weighted by molar-refractivity contribution is -0.198. The number of esters is 1. The van der Waals surface area contributed by atoms with Gasteiger partial charge in [-0.25, -0.2) is 19.1 Å². The Hall–Kier alpha value is -6.13. The molecule has 17 heteroatoms. The lowest BCUT2D eigenvalue weighted by atomic mass is 9.76. The molecule has 2 atom stereocenters. The summed E-state index contributed by atoms with van der Waals surface area (Å²) in [6.07, 6.45) is 3.89. The Morgan fingerprint density at radius 3 is 2.52 bits per heavy atom. The van der Waals surface area contributed by atoms with Crippen molar-refractivity contribution in [1.29, 1.82) is 0 Å². The maximum Gasteiger partial charge on any atom is 0.429 e. The third kappa shape index (κ3) is 9.94. The molecule has 1 aromatic carbocycles. The maximum absolute atomic E-state index is 14.9. The number of carboxylic acid groups (broad SMARTS) is 1. The van der Waals surface area contributed by atoms with Crippen LogP contribution in [-0.4, -0.2) is 92.9 Å². The number of amides is 1. The summed E-state index contributed by atoms with van der Waals surface area (Å²) in [5, 5.41) is 14.3. The summed E-state index contributed by atoms with van der Waals surface area (Å²) >= 11 is 0. The van der Waals surface area contributed by atoms with Gasteiger partial charge in [-0.3, -0.25) is 4.90 Å². The summed E-state index contributed by atoms with van der Waals surface area (Å²) in [6.45, 7) is 9.82. The Morgan fingerprint density at radius 2 is 1.89 bits per heavy atom. The van der Waals surface area contributed by atoms with Crippen LogP contribution in [0.5, 0.6) is 5.88 Å². The third-order valence-electron chi connectivity index (χ3n) is 9.55. The number of carboxylic acids is 1. The average molecular weight is 780 g/mol. The Balaban J connectivity index is 1.35. The lowest BCUT2D eigenvalue weighted by Gasteiger charge is -2.39. The molecular weight excluding hydrogens is 735 g/mol. The smallest absolute Gasteiger partial charge is 0.429 e. The fourth-order valence-electron chi connectivity index (χ4n) is 6.73. The molecule has 1 amide bonds. The number of halogens is 3. The highest BCUT2D eigenvalue weighted by Crippen LogP contribution is 2.45. The van der Waals surface area contributed by atoms with Crippen LogP contribution in [0.4, 0.5) is 29.7 Å². The number of anilines is 2. The van der Waals surface area contributed by atoms with E-state index in [2.05, 4.69) is 21.6 Å². The molecule has 3 N–H and O–H groups in total. The van der Waals surface area contributed by atoms with E-state index < -0.39 is 47.6 Å². The molecule has 2 aliphatic rings. The largest absolute Gasteiger partial charge is 0.480 e. The van der Waals surface area contributed by atoms with Crippen molar-refractivity contribution in [3.63, 3.8) is 0 Å². The van der Waals surface area contributed by atoms with Crippen molar-refractivity contribution in [3.05, 3.63) is 95.9 Å². The normalized spacial score (nSPS) is 17.8. The van der Waals surface area contributed by atoms with Crippen LogP contribution in [0.2, 0.25) is 0 Å². The first-order valence-corrected chi connectivity index (χ1v) is 17.9. The number of benzene rings is 1. The Bertz CT molecular complexity index is 2020. The number of hydrogen-bond acceptors (Lipinski definition) is 11. The summed E-state index contributed by atoms with van der Waals surface area (Å²) in [7, 11) is 0. The molecule has 0 unspecified atom stereocenters. The summed E-state index contributed by atoms with van der Waals surface area (Å²) in [6, 6.07) is 5.92. The van der Waals surface area contributed by atoms with E-state index in [0.29, 0.717) is 42.8 Å². The highest BCUT2D eigenvalue weighted by Gasteiger charge is 2.51. The topological polar surface area (TPSA) is 175 Å². The molecule has 3 aromatic rings. The van der Waals surface area contributed by atoms with Gasteiger partial charge in [-0.1, -0.05) is 43.0 Å². The van der Waals surface area contributed by atoms with Crippen molar-refractivity contribution in [2.24, 2.45) is 5.41 Å². The molecule has 0 radical (unpaired) electrons. The SMILES string of the molecule is C=CC(=CC=CC)COC(=O)N1CC2(CCN(c3cc(O[C@H](c4ccc(C=CC(=O)OCC)cc4-n4ccc(C)n4)C(F)(F)F)nc(N)n3)CC2)C[C@H]1C(=O)O. The number of carbonyl (C=O) groups is 3. The van der Waals surface area contributed by atoms with Gasteiger partial charge in [-0.2, -0.15) is 28.2 Å². The van der Waals surface area contributed by atoms with Gasteiger partial charge in [-0.15, -0.1) is 0 Å². The van der Waals surface area contributed by atoms with Crippen LogP contribution >= 0.6 is 0 Å². The van der Waals surface area contributed by atoms with Crippen molar-refractivity contribution in [3.8, 4) is 11.6 Å². The number of aliphatic carboxylic acids is 1. The van der Waals surface area contributed by atoms with Crippen molar-refractivity contribution in [2.75, 3.05) is 43.5 Å². The predicted molar refractivity (Wildman–Crippen MR) is 201 cm³/mol. The second-order valence-electron chi connectivity index (χ2n) is 13.5. The number of rotatable bonds is 13. The zero-order chi connectivity index (χ0) is 40.6. The number of carbonyl (C=O) groups excluding carboxylic acids is 2. The molecule has 0 saturated carbocycles. The number of aromatic nitrogens is 4. The lowest BCUT2D eigenvalue weighted by Crippen LogP contribution is -2.43. The number of allylic oxidation sites excluding steroid dienone is 3. The van der Waals surface area contributed by atoms with E-state index in [4.69, 9.17) is 19.9 Å². The molecule has 2 aromatic heterocycles. The van der Waals surface area contributed by atoms with Crippen LogP contribution < -0.4 is 15.4 Å². The van der Waals surface area contributed by atoms with Crippen molar-refractivity contribution < 1.29 is 46.9 Å². The highest BCUT2D eigenvalue weighted by molar-refractivity contribution is 5.87. The molecule has 298 valence electrons. The molecule has 2 fully saturated rings. The standard InChI is InChI=1S/C39H44F3N7O7/c1-5-8-9-26(6-2)23-55-37(53)48-24-38(22-30(48)35(51)52)15-18-47(19-16-38)31-21-32(45-36(43)44-31)56-34(39(40,41)42)28-12-10-27(11-13-33(50)54-7-3)20-29(28)49-17-14-25(4)46-49/h5-6,8-14,17,20-21,30,34H,2,7,15-16,18-19,22-24H2,1,3-4H3,(H,51,52)(H2,43,44,45)/t30-,34+/m0/s1. The summed E-state index contributed by atoms with van der Waals surface area (Å²) in [4.78, 5) is 48.5. The van der Waals surface area contributed by atoms with E-state index in [1.165, 1.54) is 52.2 Å². The Morgan fingerprint density at radius 1 is 1.14 bits per heavy atom. The van der Waals surface area contributed by atoms with E-state index in [9.17, 15) is 32.7 Å². The third-order valence-corrected chi connectivity index (χ3v) is 9.55. The van der Waals surface area contributed by atoms with Crippen molar-refractivity contribution in [2.45, 2.75) is 58.4 Å². The van der Waals surface area contributed by atoms with Gasteiger partial charge >= 0.3 is 24.2 Å². The average Bonchev–Trinajstić information content (AvgIpc) is 3.76. The van der Waals surface area contributed by atoms with Crippen LogP contribution in [0.1, 0.15) is 56.0 Å². The zero-order valence-corrected chi connectivity index (χ0v) is 31.2. The van der Waals surface area contributed by atoms with Gasteiger partial charge in [0, 0.05) is 43.5 Å². The molecule has 2 saturated heterocycles. The number of aryl methyl sites for hydroxylation is 1. The Labute approximate surface area is 321 Å². The second kappa shape index (κ2) is 17.6. The summed E-state index contributed by atoms with van der Waals surface area (Å²) in [5.41, 5.74) is 6.86. The van der Waals surface area contributed by atoms with E-state index in [1.54, 1.807) is 43.0 Å². The number of likely N-dealkylation sites (tertiary alicyclic amines) is 1. The first-order valence-electron chi connectivity index (χ1n) is 17.9. The van der Waals surface area contributed by atoms with E-state index in [-0.39, 0.29) is 49.2 Å². The quantitative estimate of drug-likeness (QED) is 0.111. The van der Waals surface area contributed by atoms with Gasteiger partial charge in [-0.05, 0) is 74.8 Å². The molecule has 2 aliphatic heterocycles. The number of nitrogens with two attached hydrogens (primary N) is 1. The second-order valence-corrected chi connectivity index (χ2v) is 13.5. The van der Waals surface area contributed by atoms with E-state index in [1.807, 2.05) is 13.0 Å². The zero-order valence-electron chi connectivity index (χ0n) is 31.2. The maximum atomic E-state index is 14.9. The fourth-order valence-corrected chi connectivity index (χ4v) is 6.73. The van der Waals surface area contributed by atoms with Crippen LogP contribution in [0.3, 0.4) is 0 Å². The van der Waals surface area contributed by atoms with Crippen LogP contribution in [0, 0.1) is 12.3 Å². The first kappa shape index (κ1) is 41.0. The van der Waals surface area contributed by atoms with Gasteiger partial charge in [0.15, 0.2) is 0 Å². The van der Waals surface area contributed by atoms with Gasteiger partial charge in [0.2, 0.25) is 17.9 Å². The van der Waals surface area contributed by atoms with Gasteiger partial charge in [0.05, 0.1) is 18.0 Å². The fraction of sp³-hybridized carbons (Fsp3) is 0.385. The molecule has 1 spiro atoms. The molecule has 56 heavy (non-hydrogen) atoms. The molecule has 0 bridgehead atoms. The number of alkyl halides is 3. The molecule has 5 rings (SSSR count). The van der Waals surface area contributed by atoms with E-state index in [0.717, 1.165) is 0 Å². The molecule has 4 heterocycles. The highest BCUT2D eigenvalue weighted by atomic mass is 19.4. The minimum absolute atomic E-state index is 0.0513. The van der Waals surface area contributed by atoms with Crippen molar-refractivity contribution in [1.82, 2.24) is 24.6 Å². The predicted octanol–water partition coefficient (Wildman–Crippen LogP) is 6.38. The molecular formula is C39H44F3N7O7. The molecule has 0 aliphatic carbocycles. The van der Waals surface area contributed by atoms with Gasteiger partial charge < -0.3 is 30.0 Å². The van der Waals surface area contributed by atoms with E-state index >= 15 is 0 Å². The molecule has 14 nitrogen and oxygen atoms in total. The van der Waals surface area contributed by atoms with Crippen LogP contribution in [0.25, 0.3) is 11.8 Å². The monoisotopic (exact) mass is 779 g/mol. The summed E-state index contributed by atoms with van der Waals surface area (Å²) in [5.74, 6) is -2.27. The Kier molecular flexibility index (Phi) is 12.9. The number of nitrogen functional groups attached to an aromatic ring is 1. The summed E-state index contributed by atoms with van der Waals surface area (Å²) < 4.78 is 61.9. The van der Waals surface area contributed by atoms with Gasteiger partial charge in [0.1, 0.15) is 18.5 Å². The van der Waals surface area contributed by atoms with Crippen LogP contribution in [0.15, 0.2) is 79.1 Å². The van der Waals surface area contributed by atoms with Crippen molar-refractivity contribution >= 4 is 35.9 Å².